The van der Waals surface area contributed by atoms with Crippen LogP contribution in [0.15, 0.2) is 0 Å². The highest BCUT2D eigenvalue weighted by molar-refractivity contribution is 8.76. The van der Waals surface area contributed by atoms with E-state index in [4.69, 9.17) is 5.11 Å². The van der Waals surface area contributed by atoms with Crippen LogP contribution in [0.2, 0.25) is 0 Å². The van der Waals surface area contributed by atoms with Gasteiger partial charge in [0.1, 0.15) is 0 Å². The van der Waals surface area contributed by atoms with Gasteiger partial charge in [0.15, 0.2) is 0 Å². The Labute approximate surface area is 86.2 Å². The summed E-state index contributed by atoms with van der Waals surface area (Å²) in [6.45, 7) is 0. The van der Waals surface area contributed by atoms with Crippen molar-refractivity contribution in [1.82, 2.24) is 0 Å². The van der Waals surface area contributed by atoms with E-state index in [0.717, 1.165) is 12.8 Å². The molecule has 2 aliphatic carbocycles. The van der Waals surface area contributed by atoms with Crippen molar-refractivity contribution in [3.8, 4) is 0 Å². The molecule has 0 amide bonds. The van der Waals surface area contributed by atoms with Gasteiger partial charge in [-0.3, -0.25) is 4.79 Å². The molecule has 0 radical (unpaired) electrons. The topological polar surface area (TPSA) is 37.3 Å². The van der Waals surface area contributed by atoms with E-state index in [1.807, 2.05) is 10.8 Å². The molecule has 13 heavy (non-hydrogen) atoms. The number of hydrogen-bond donors (Lipinski definition) is 1. The minimum absolute atomic E-state index is 0.0385. The van der Waals surface area contributed by atoms with Crippen LogP contribution in [-0.2, 0) is 4.79 Å². The Morgan fingerprint density at radius 2 is 2.15 bits per heavy atom. The second kappa shape index (κ2) is 3.73. The van der Waals surface area contributed by atoms with E-state index in [-0.39, 0.29) is 5.92 Å². The molecule has 2 saturated carbocycles. The first-order valence-electron chi connectivity index (χ1n) is 4.64. The van der Waals surface area contributed by atoms with Gasteiger partial charge in [0.25, 0.3) is 0 Å². The molecule has 0 aromatic carbocycles. The van der Waals surface area contributed by atoms with Crippen molar-refractivity contribution in [3.63, 3.8) is 0 Å². The lowest BCUT2D eigenvalue weighted by Gasteiger charge is -2.25. The predicted octanol–water partition coefficient (Wildman–Crippen LogP) is 2.50. The number of hydrogen-bond acceptors (Lipinski definition) is 3. The van der Waals surface area contributed by atoms with Crippen LogP contribution >= 0.6 is 21.6 Å². The lowest BCUT2D eigenvalue weighted by atomic mass is 9.88. The number of carboxylic acids is 1. The van der Waals surface area contributed by atoms with Crippen molar-refractivity contribution in [2.75, 3.05) is 6.26 Å². The maximum atomic E-state index is 10.9. The van der Waals surface area contributed by atoms with Crippen LogP contribution in [0.4, 0.5) is 0 Å². The molecule has 1 N–H and O–H groups in total. The van der Waals surface area contributed by atoms with Gasteiger partial charge in [-0.05, 0) is 37.4 Å². The summed E-state index contributed by atoms with van der Waals surface area (Å²) in [7, 11) is 3.65. The summed E-state index contributed by atoms with van der Waals surface area (Å²) in [6, 6.07) is 0. The summed E-state index contributed by atoms with van der Waals surface area (Å²) in [5.74, 6) is 0.554. The minimum atomic E-state index is -0.570. The molecule has 0 aliphatic heterocycles. The highest BCUT2D eigenvalue weighted by Gasteiger charge is 2.49. The number of aliphatic carboxylic acids is 1. The van der Waals surface area contributed by atoms with Gasteiger partial charge in [-0.1, -0.05) is 21.6 Å². The molecular weight excluding hydrogens is 204 g/mol. The van der Waals surface area contributed by atoms with E-state index in [9.17, 15) is 4.79 Å². The molecule has 0 saturated heterocycles. The summed E-state index contributed by atoms with van der Waals surface area (Å²) >= 11 is 0. The molecule has 2 fully saturated rings. The van der Waals surface area contributed by atoms with Crippen LogP contribution in [-0.4, -0.2) is 22.6 Å². The van der Waals surface area contributed by atoms with Crippen molar-refractivity contribution < 1.29 is 9.90 Å². The van der Waals surface area contributed by atoms with Gasteiger partial charge in [0, 0.05) is 5.25 Å². The molecule has 0 aromatic rings. The summed E-state index contributed by atoms with van der Waals surface area (Å²) in [6.07, 6.45) is 5.42. The fraction of sp³-hybridized carbons (Fsp3) is 0.889. The normalized spacial score (nSPS) is 42.5. The second-order valence-corrected chi connectivity index (χ2v) is 6.69. The van der Waals surface area contributed by atoms with E-state index in [2.05, 4.69) is 6.26 Å². The Kier molecular flexibility index (Phi) is 2.79. The smallest absolute Gasteiger partial charge is 0.306 e. The van der Waals surface area contributed by atoms with E-state index in [0.29, 0.717) is 17.1 Å². The van der Waals surface area contributed by atoms with Gasteiger partial charge in [-0.2, -0.15) is 0 Å². The third-order valence-electron chi connectivity index (χ3n) is 3.29. The van der Waals surface area contributed by atoms with Gasteiger partial charge >= 0.3 is 5.97 Å². The average Bonchev–Trinajstić information content (AvgIpc) is 2.62. The van der Waals surface area contributed by atoms with Crippen molar-refractivity contribution in [2.45, 2.75) is 24.5 Å². The SMILES string of the molecule is CSS[C@@H]1CC2CC1[C@H](C(=O)O)C2. The van der Waals surface area contributed by atoms with Crippen molar-refractivity contribution in [1.29, 1.82) is 0 Å². The first-order valence-corrected chi connectivity index (χ1v) is 7.26. The highest BCUT2D eigenvalue weighted by Crippen LogP contribution is 2.54. The molecule has 2 nitrogen and oxygen atoms in total. The fourth-order valence-corrected chi connectivity index (χ4v) is 5.25. The molecule has 2 unspecified atom stereocenters. The highest BCUT2D eigenvalue weighted by atomic mass is 33.1. The zero-order valence-electron chi connectivity index (χ0n) is 7.60. The Hall–Kier alpha value is 0.170. The standard InChI is InChI=1S/C9H14O2S2/c1-12-13-8-4-5-2-6(8)7(3-5)9(10)11/h5-8H,2-4H2,1H3,(H,10,11)/t5?,6?,7-,8-/m1/s1. The summed E-state index contributed by atoms with van der Waals surface area (Å²) in [4.78, 5) is 10.9. The molecule has 2 bridgehead atoms. The van der Waals surface area contributed by atoms with Crippen LogP contribution in [0.1, 0.15) is 19.3 Å². The van der Waals surface area contributed by atoms with Gasteiger partial charge in [0.05, 0.1) is 5.92 Å². The Morgan fingerprint density at radius 3 is 2.69 bits per heavy atom. The van der Waals surface area contributed by atoms with Crippen molar-refractivity contribution in [2.24, 2.45) is 17.8 Å². The number of fused-ring (bicyclic) bond motifs is 2. The van der Waals surface area contributed by atoms with Gasteiger partial charge in [0.2, 0.25) is 0 Å². The first kappa shape index (κ1) is 9.71. The summed E-state index contributed by atoms with van der Waals surface area (Å²) in [5.41, 5.74) is 0. The molecule has 2 aliphatic rings. The van der Waals surface area contributed by atoms with Crippen LogP contribution in [0, 0.1) is 17.8 Å². The van der Waals surface area contributed by atoms with E-state index < -0.39 is 5.97 Å². The number of carboxylic acid groups (broad SMARTS) is 1. The molecule has 4 atom stereocenters. The van der Waals surface area contributed by atoms with Crippen LogP contribution < -0.4 is 0 Å². The summed E-state index contributed by atoms with van der Waals surface area (Å²) in [5, 5.41) is 9.61. The Morgan fingerprint density at radius 1 is 1.38 bits per heavy atom. The minimum Gasteiger partial charge on any atom is -0.481 e. The monoisotopic (exact) mass is 218 g/mol. The zero-order chi connectivity index (χ0) is 9.42. The van der Waals surface area contributed by atoms with Crippen molar-refractivity contribution in [3.05, 3.63) is 0 Å². The lowest BCUT2D eigenvalue weighted by molar-refractivity contribution is -0.143. The largest absolute Gasteiger partial charge is 0.481 e. The predicted molar refractivity (Wildman–Crippen MR) is 56.9 cm³/mol. The van der Waals surface area contributed by atoms with Crippen molar-refractivity contribution >= 4 is 27.6 Å². The fourth-order valence-electron chi connectivity index (χ4n) is 2.80. The molecule has 0 spiro atoms. The van der Waals surface area contributed by atoms with E-state index in [1.165, 1.54) is 6.42 Å². The molecule has 2 rings (SSSR count). The quantitative estimate of drug-likeness (QED) is 0.739. The zero-order valence-corrected chi connectivity index (χ0v) is 9.24. The summed E-state index contributed by atoms with van der Waals surface area (Å²) < 4.78 is 0. The average molecular weight is 218 g/mol. The van der Waals surface area contributed by atoms with Gasteiger partial charge in [-0.25, -0.2) is 0 Å². The number of rotatable bonds is 3. The van der Waals surface area contributed by atoms with E-state index in [1.54, 1.807) is 10.8 Å². The van der Waals surface area contributed by atoms with Gasteiger partial charge < -0.3 is 5.11 Å². The first-order chi connectivity index (χ1) is 6.22. The van der Waals surface area contributed by atoms with Crippen LogP contribution in [0.25, 0.3) is 0 Å². The number of carbonyl (C=O) groups is 1. The van der Waals surface area contributed by atoms with Gasteiger partial charge in [-0.15, -0.1) is 0 Å². The lowest BCUT2D eigenvalue weighted by Crippen LogP contribution is -2.27. The Bertz CT molecular complexity index is 220. The third kappa shape index (κ3) is 1.71. The third-order valence-corrected chi connectivity index (χ3v) is 5.59. The molecule has 0 aromatic heterocycles. The van der Waals surface area contributed by atoms with E-state index >= 15 is 0 Å². The molecule has 74 valence electrons. The van der Waals surface area contributed by atoms with Crippen LogP contribution in [0.5, 0.6) is 0 Å². The maximum absolute atomic E-state index is 10.9. The molecular formula is C9H14O2S2. The molecule has 4 heteroatoms. The second-order valence-electron chi connectivity index (χ2n) is 3.98. The maximum Gasteiger partial charge on any atom is 0.306 e. The molecule has 0 heterocycles. The van der Waals surface area contributed by atoms with Crippen LogP contribution in [0.3, 0.4) is 0 Å². The Balaban J connectivity index is 2.02.